The Labute approximate surface area is 114 Å². The maximum atomic E-state index is 11.9. The number of aryl methyl sites for hydroxylation is 1. The van der Waals surface area contributed by atoms with Crippen LogP contribution in [0.4, 0.5) is 0 Å². The molecule has 2 amide bonds. The van der Waals surface area contributed by atoms with Gasteiger partial charge in [0.15, 0.2) is 5.58 Å². The molecule has 0 saturated heterocycles. The van der Waals surface area contributed by atoms with Crippen molar-refractivity contribution in [3.8, 4) is 0 Å². The van der Waals surface area contributed by atoms with Crippen LogP contribution in [-0.4, -0.2) is 29.5 Å². The number of aromatic nitrogens is 1. The lowest BCUT2D eigenvalue weighted by Crippen LogP contribution is -2.33. The first kappa shape index (κ1) is 13.9. The minimum atomic E-state index is -0.469. The second kappa shape index (κ2) is 5.60. The summed E-state index contributed by atoms with van der Waals surface area (Å²) in [7, 11) is 1.60. The van der Waals surface area contributed by atoms with E-state index in [-0.39, 0.29) is 11.8 Å². The van der Waals surface area contributed by atoms with Gasteiger partial charge in [0.25, 0.3) is 5.91 Å². The monoisotopic (exact) mass is 277 g/mol. The van der Waals surface area contributed by atoms with Gasteiger partial charge in [0.05, 0.1) is 5.52 Å². The summed E-state index contributed by atoms with van der Waals surface area (Å²) in [5.74, 6) is -0.904. The van der Waals surface area contributed by atoms with Crippen LogP contribution in [0.2, 0.25) is 0 Å². The molecule has 2 N–H and O–H groups in total. The number of amides is 2. The van der Waals surface area contributed by atoms with Gasteiger partial charge >= 0.3 is 5.76 Å². The van der Waals surface area contributed by atoms with Gasteiger partial charge in [-0.15, -0.1) is 0 Å². The fraction of sp³-hybridized carbons (Fsp3) is 0.308. The lowest BCUT2D eigenvalue weighted by molar-refractivity contribution is -0.118. The number of nitrogens with zero attached hydrogens (tertiary/aromatic N) is 1. The summed E-state index contributed by atoms with van der Waals surface area (Å²) in [5, 5.41) is 5.24. The first-order chi connectivity index (χ1) is 9.49. The third kappa shape index (κ3) is 2.87. The van der Waals surface area contributed by atoms with Crippen molar-refractivity contribution in [3.63, 3.8) is 0 Å². The number of carbonyl (C=O) groups excluding carboxylic acids is 2. The van der Waals surface area contributed by atoms with E-state index in [1.807, 2.05) is 0 Å². The molecular formula is C13H15N3O4. The molecule has 0 aliphatic heterocycles. The van der Waals surface area contributed by atoms with Crippen LogP contribution in [0, 0.1) is 0 Å². The van der Waals surface area contributed by atoms with E-state index in [9.17, 15) is 14.4 Å². The minimum Gasteiger partial charge on any atom is -0.408 e. The van der Waals surface area contributed by atoms with Crippen molar-refractivity contribution in [2.75, 3.05) is 13.1 Å². The predicted octanol–water partition coefficient (Wildman–Crippen LogP) is -0.00260. The fourth-order valence-corrected chi connectivity index (χ4v) is 1.79. The van der Waals surface area contributed by atoms with Crippen molar-refractivity contribution in [1.82, 2.24) is 15.2 Å². The molecule has 1 aromatic carbocycles. The van der Waals surface area contributed by atoms with E-state index in [2.05, 4.69) is 10.6 Å². The lowest BCUT2D eigenvalue weighted by Gasteiger charge is -2.05. The van der Waals surface area contributed by atoms with E-state index < -0.39 is 5.76 Å². The number of hydrogen-bond acceptors (Lipinski definition) is 4. The van der Waals surface area contributed by atoms with E-state index in [1.54, 1.807) is 19.2 Å². The first-order valence-electron chi connectivity index (χ1n) is 6.11. The molecular weight excluding hydrogens is 262 g/mol. The normalized spacial score (nSPS) is 10.5. The first-order valence-corrected chi connectivity index (χ1v) is 6.11. The number of fused-ring (bicyclic) bond motifs is 1. The van der Waals surface area contributed by atoms with Crippen molar-refractivity contribution in [3.05, 3.63) is 34.3 Å². The standard InChI is InChI=1S/C13H15N3O4/c1-8(17)14-5-6-15-12(18)9-3-4-10-11(7-9)20-13(19)16(10)2/h3-4,7H,5-6H2,1-2H3,(H,14,17)(H,15,18). The Bertz CT molecular complexity index is 714. The van der Waals surface area contributed by atoms with E-state index in [4.69, 9.17) is 4.42 Å². The predicted molar refractivity (Wildman–Crippen MR) is 72.5 cm³/mol. The molecule has 7 nitrogen and oxygen atoms in total. The number of rotatable bonds is 4. The van der Waals surface area contributed by atoms with Crippen molar-refractivity contribution in [2.24, 2.45) is 7.05 Å². The summed E-state index contributed by atoms with van der Waals surface area (Å²) in [6.45, 7) is 2.10. The molecule has 1 aromatic heterocycles. The minimum absolute atomic E-state index is 0.147. The van der Waals surface area contributed by atoms with Crippen molar-refractivity contribution in [2.45, 2.75) is 6.92 Å². The average Bonchev–Trinajstić information content (AvgIpc) is 2.69. The molecule has 7 heteroatoms. The Kier molecular flexibility index (Phi) is 3.88. The molecule has 0 atom stereocenters. The highest BCUT2D eigenvalue weighted by Gasteiger charge is 2.10. The third-order valence-electron chi connectivity index (χ3n) is 2.84. The zero-order valence-corrected chi connectivity index (χ0v) is 11.2. The molecule has 0 spiro atoms. The molecule has 20 heavy (non-hydrogen) atoms. The van der Waals surface area contributed by atoms with Crippen LogP contribution >= 0.6 is 0 Å². The second-order valence-electron chi connectivity index (χ2n) is 4.35. The van der Waals surface area contributed by atoms with Gasteiger partial charge in [-0.25, -0.2) is 4.79 Å². The van der Waals surface area contributed by atoms with E-state index in [0.717, 1.165) is 0 Å². The maximum Gasteiger partial charge on any atom is 0.419 e. The van der Waals surface area contributed by atoms with E-state index in [0.29, 0.717) is 29.8 Å². The summed E-state index contributed by atoms with van der Waals surface area (Å²) < 4.78 is 6.39. The van der Waals surface area contributed by atoms with Crippen molar-refractivity contribution < 1.29 is 14.0 Å². The molecule has 2 rings (SSSR count). The summed E-state index contributed by atoms with van der Waals surface area (Å²) in [6, 6.07) is 4.79. The van der Waals surface area contributed by atoms with Gasteiger partial charge in [0.1, 0.15) is 0 Å². The quantitative estimate of drug-likeness (QED) is 0.769. The van der Waals surface area contributed by atoms with Crippen molar-refractivity contribution in [1.29, 1.82) is 0 Å². The molecule has 0 fully saturated rings. The highest BCUT2D eigenvalue weighted by molar-refractivity contribution is 5.97. The van der Waals surface area contributed by atoms with Crippen LogP contribution in [0.3, 0.4) is 0 Å². The third-order valence-corrected chi connectivity index (χ3v) is 2.84. The molecule has 0 unspecified atom stereocenters. The van der Waals surface area contributed by atoms with Crippen LogP contribution in [0.15, 0.2) is 27.4 Å². The SMILES string of the molecule is CC(=O)NCCNC(=O)c1ccc2c(c1)oc(=O)n2C. The average molecular weight is 277 g/mol. The van der Waals surface area contributed by atoms with Crippen LogP contribution in [0.1, 0.15) is 17.3 Å². The van der Waals surface area contributed by atoms with Gasteiger partial charge in [0, 0.05) is 32.6 Å². The zero-order chi connectivity index (χ0) is 14.7. The smallest absolute Gasteiger partial charge is 0.408 e. The molecule has 0 aliphatic carbocycles. The fourth-order valence-electron chi connectivity index (χ4n) is 1.79. The Balaban J connectivity index is 2.07. The highest BCUT2D eigenvalue weighted by Crippen LogP contribution is 2.14. The largest absolute Gasteiger partial charge is 0.419 e. The van der Waals surface area contributed by atoms with Gasteiger partial charge in [0.2, 0.25) is 5.91 Å². The van der Waals surface area contributed by atoms with Crippen LogP contribution in [0.25, 0.3) is 11.1 Å². The van der Waals surface area contributed by atoms with Crippen LogP contribution < -0.4 is 16.4 Å². The Morgan fingerprint density at radius 3 is 2.65 bits per heavy atom. The van der Waals surface area contributed by atoms with Gasteiger partial charge in [-0.2, -0.15) is 0 Å². The molecule has 0 aliphatic rings. The van der Waals surface area contributed by atoms with Crippen LogP contribution in [0.5, 0.6) is 0 Å². The molecule has 106 valence electrons. The van der Waals surface area contributed by atoms with Gasteiger partial charge in [-0.3, -0.25) is 14.2 Å². The summed E-state index contributed by atoms with van der Waals surface area (Å²) in [5.41, 5.74) is 1.39. The molecule has 0 bridgehead atoms. The molecule has 1 heterocycles. The summed E-state index contributed by atoms with van der Waals surface area (Å²) >= 11 is 0. The van der Waals surface area contributed by atoms with E-state index >= 15 is 0 Å². The second-order valence-corrected chi connectivity index (χ2v) is 4.35. The maximum absolute atomic E-state index is 11.9. The van der Waals surface area contributed by atoms with Gasteiger partial charge in [-0.05, 0) is 18.2 Å². The Morgan fingerprint density at radius 2 is 1.95 bits per heavy atom. The molecule has 2 aromatic rings. The highest BCUT2D eigenvalue weighted by atomic mass is 16.4. The lowest BCUT2D eigenvalue weighted by atomic mass is 10.2. The Hall–Kier alpha value is -2.57. The number of nitrogens with one attached hydrogen (secondary N) is 2. The van der Waals surface area contributed by atoms with E-state index in [1.165, 1.54) is 17.6 Å². The molecule has 0 radical (unpaired) electrons. The zero-order valence-electron chi connectivity index (χ0n) is 11.2. The Morgan fingerprint density at radius 1 is 1.25 bits per heavy atom. The number of carbonyl (C=O) groups is 2. The van der Waals surface area contributed by atoms with Crippen LogP contribution in [-0.2, 0) is 11.8 Å². The van der Waals surface area contributed by atoms with Gasteiger partial charge < -0.3 is 15.1 Å². The molecule has 0 saturated carbocycles. The summed E-state index contributed by atoms with van der Waals surface area (Å²) in [4.78, 5) is 33.9. The number of oxazole rings is 1. The summed E-state index contributed by atoms with van der Waals surface area (Å²) in [6.07, 6.45) is 0. The van der Waals surface area contributed by atoms with Gasteiger partial charge in [-0.1, -0.05) is 0 Å². The number of hydrogen-bond donors (Lipinski definition) is 2. The topological polar surface area (TPSA) is 93.3 Å². The van der Waals surface area contributed by atoms with Crippen molar-refractivity contribution >= 4 is 22.9 Å². The number of benzene rings is 1.